The first-order valence-electron chi connectivity index (χ1n) is 7.15. The summed E-state index contributed by atoms with van der Waals surface area (Å²) in [6, 6.07) is 16.0. The molecule has 0 atom stereocenters. The molecule has 0 aliphatic carbocycles. The van der Waals surface area contributed by atoms with Crippen LogP contribution in [0.2, 0.25) is 0 Å². The van der Waals surface area contributed by atoms with Crippen molar-refractivity contribution in [2.45, 2.75) is 31.3 Å². The predicted octanol–water partition coefficient (Wildman–Crippen LogP) is 3.29. The summed E-state index contributed by atoms with van der Waals surface area (Å²) in [5.41, 5.74) is 0.961. The van der Waals surface area contributed by atoms with Crippen LogP contribution in [0.5, 0.6) is 5.75 Å². The third-order valence-electron chi connectivity index (χ3n) is 3.40. The molecule has 0 saturated carbocycles. The molecule has 2 aromatic rings. The van der Waals surface area contributed by atoms with Crippen LogP contribution in [-0.2, 0) is 16.6 Å². The van der Waals surface area contributed by atoms with Gasteiger partial charge in [-0.3, -0.25) is 0 Å². The van der Waals surface area contributed by atoms with Crippen molar-refractivity contribution in [1.82, 2.24) is 4.31 Å². The number of ether oxygens (including phenoxy) is 1. The van der Waals surface area contributed by atoms with Gasteiger partial charge in [0, 0.05) is 18.7 Å². The number of nitrogens with zero attached hydrogens (tertiary/aromatic N) is 1. The van der Waals surface area contributed by atoms with Gasteiger partial charge in [0.1, 0.15) is 5.75 Å². The van der Waals surface area contributed by atoms with Gasteiger partial charge in [-0.25, -0.2) is 8.42 Å². The van der Waals surface area contributed by atoms with Crippen molar-refractivity contribution in [3.8, 4) is 5.75 Å². The van der Waals surface area contributed by atoms with Crippen molar-refractivity contribution >= 4 is 10.0 Å². The molecule has 118 valence electrons. The van der Waals surface area contributed by atoms with Crippen LogP contribution in [0, 0.1) is 0 Å². The summed E-state index contributed by atoms with van der Waals surface area (Å²) in [6.07, 6.45) is 0. The van der Waals surface area contributed by atoms with E-state index in [0.29, 0.717) is 12.3 Å². The second-order valence-corrected chi connectivity index (χ2v) is 7.20. The van der Waals surface area contributed by atoms with Gasteiger partial charge >= 0.3 is 0 Å². The van der Waals surface area contributed by atoms with Gasteiger partial charge in [-0.05, 0) is 31.5 Å². The van der Waals surface area contributed by atoms with E-state index in [-0.39, 0.29) is 10.9 Å². The lowest BCUT2D eigenvalue weighted by molar-refractivity contribution is 0.347. The molecule has 22 heavy (non-hydrogen) atoms. The fraction of sp³-hybridized carbons (Fsp3) is 0.294. The third kappa shape index (κ3) is 3.67. The maximum Gasteiger partial charge on any atom is 0.243 e. The Labute approximate surface area is 132 Å². The molecule has 2 rings (SSSR count). The van der Waals surface area contributed by atoms with Crippen LogP contribution in [0.4, 0.5) is 0 Å². The summed E-state index contributed by atoms with van der Waals surface area (Å²) in [4.78, 5) is 0.247. The van der Waals surface area contributed by atoms with E-state index in [1.165, 1.54) is 11.4 Å². The Morgan fingerprint density at radius 2 is 1.73 bits per heavy atom. The molecule has 0 aliphatic heterocycles. The normalized spacial score (nSPS) is 11.9. The highest BCUT2D eigenvalue weighted by molar-refractivity contribution is 7.89. The topological polar surface area (TPSA) is 46.6 Å². The summed E-state index contributed by atoms with van der Waals surface area (Å²) in [6.45, 7) is 4.10. The van der Waals surface area contributed by atoms with Crippen molar-refractivity contribution in [1.29, 1.82) is 0 Å². The first-order valence-corrected chi connectivity index (χ1v) is 8.59. The van der Waals surface area contributed by atoms with Crippen molar-refractivity contribution in [3.05, 3.63) is 60.2 Å². The minimum absolute atomic E-state index is 0.142. The number of hydrogen-bond donors (Lipinski definition) is 0. The highest BCUT2D eigenvalue weighted by Gasteiger charge is 2.27. The van der Waals surface area contributed by atoms with Gasteiger partial charge in [0.15, 0.2) is 0 Å². The number of benzene rings is 2. The van der Waals surface area contributed by atoms with E-state index in [1.807, 2.05) is 44.2 Å². The molecule has 0 saturated heterocycles. The van der Waals surface area contributed by atoms with Crippen LogP contribution in [-0.4, -0.2) is 25.9 Å². The summed E-state index contributed by atoms with van der Waals surface area (Å²) in [5.74, 6) is 0.532. The maximum absolute atomic E-state index is 12.9. The van der Waals surface area contributed by atoms with E-state index >= 15 is 0 Å². The molecule has 0 amide bonds. The fourth-order valence-corrected chi connectivity index (χ4v) is 3.87. The van der Waals surface area contributed by atoms with E-state index in [4.69, 9.17) is 4.74 Å². The Kier molecular flexibility index (Phi) is 5.21. The smallest absolute Gasteiger partial charge is 0.243 e. The molecule has 0 aliphatic rings. The SMILES string of the molecule is COc1cccc(S(=O)(=O)N(Cc2ccccc2)C(C)C)c1. The quantitative estimate of drug-likeness (QED) is 0.821. The largest absolute Gasteiger partial charge is 0.497 e. The molecule has 0 N–H and O–H groups in total. The van der Waals surface area contributed by atoms with Gasteiger partial charge in [0.05, 0.1) is 12.0 Å². The Bertz CT molecular complexity index is 712. The molecule has 0 fully saturated rings. The van der Waals surface area contributed by atoms with Crippen molar-refractivity contribution < 1.29 is 13.2 Å². The Balaban J connectivity index is 2.37. The van der Waals surface area contributed by atoms with E-state index < -0.39 is 10.0 Å². The molecule has 0 radical (unpaired) electrons. The van der Waals surface area contributed by atoms with Crippen LogP contribution < -0.4 is 4.74 Å². The van der Waals surface area contributed by atoms with Gasteiger partial charge in [-0.2, -0.15) is 4.31 Å². The van der Waals surface area contributed by atoms with Crippen LogP contribution in [0.15, 0.2) is 59.5 Å². The summed E-state index contributed by atoms with van der Waals surface area (Å²) >= 11 is 0. The number of sulfonamides is 1. The molecule has 0 heterocycles. The van der Waals surface area contributed by atoms with Crippen molar-refractivity contribution in [2.75, 3.05) is 7.11 Å². The Morgan fingerprint density at radius 3 is 2.32 bits per heavy atom. The van der Waals surface area contributed by atoms with Crippen molar-refractivity contribution in [3.63, 3.8) is 0 Å². The van der Waals surface area contributed by atoms with E-state index in [1.54, 1.807) is 24.3 Å². The lowest BCUT2D eigenvalue weighted by Gasteiger charge is -2.26. The fourth-order valence-electron chi connectivity index (χ4n) is 2.21. The third-order valence-corrected chi connectivity index (χ3v) is 5.42. The van der Waals surface area contributed by atoms with Crippen LogP contribution >= 0.6 is 0 Å². The second kappa shape index (κ2) is 6.94. The molecule has 0 aromatic heterocycles. The van der Waals surface area contributed by atoms with Gasteiger partial charge in [0.25, 0.3) is 0 Å². The average molecular weight is 319 g/mol. The van der Waals surface area contributed by atoms with Gasteiger partial charge in [-0.1, -0.05) is 36.4 Å². The molecule has 2 aromatic carbocycles. The van der Waals surface area contributed by atoms with E-state index in [2.05, 4.69) is 0 Å². The minimum Gasteiger partial charge on any atom is -0.497 e. The molecule has 5 heteroatoms. The van der Waals surface area contributed by atoms with Crippen LogP contribution in [0.25, 0.3) is 0 Å². The van der Waals surface area contributed by atoms with Crippen LogP contribution in [0.3, 0.4) is 0 Å². The monoisotopic (exact) mass is 319 g/mol. The zero-order chi connectivity index (χ0) is 16.2. The highest BCUT2D eigenvalue weighted by Crippen LogP contribution is 2.24. The first-order chi connectivity index (χ1) is 10.4. The lowest BCUT2D eigenvalue weighted by atomic mass is 10.2. The molecule has 0 spiro atoms. The minimum atomic E-state index is -3.58. The Hall–Kier alpha value is -1.85. The standard InChI is InChI=1S/C17H21NO3S/c1-14(2)18(13-15-8-5-4-6-9-15)22(19,20)17-11-7-10-16(12-17)21-3/h4-12,14H,13H2,1-3H3. The Morgan fingerprint density at radius 1 is 1.05 bits per heavy atom. The predicted molar refractivity (Wildman–Crippen MR) is 87.3 cm³/mol. The van der Waals surface area contributed by atoms with Gasteiger partial charge in [0.2, 0.25) is 10.0 Å². The van der Waals surface area contributed by atoms with Gasteiger partial charge in [-0.15, -0.1) is 0 Å². The lowest BCUT2D eigenvalue weighted by Crippen LogP contribution is -2.36. The zero-order valence-corrected chi connectivity index (χ0v) is 13.9. The molecular formula is C17H21NO3S. The van der Waals surface area contributed by atoms with Gasteiger partial charge < -0.3 is 4.74 Å². The first kappa shape index (κ1) is 16.5. The number of hydrogen-bond acceptors (Lipinski definition) is 3. The summed E-state index contributed by atoms with van der Waals surface area (Å²) < 4.78 is 32.5. The molecule has 4 nitrogen and oxygen atoms in total. The summed E-state index contributed by atoms with van der Waals surface area (Å²) in [7, 11) is -2.05. The molecule has 0 bridgehead atoms. The molecular weight excluding hydrogens is 298 g/mol. The van der Waals surface area contributed by atoms with E-state index in [0.717, 1.165) is 5.56 Å². The maximum atomic E-state index is 12.9. The highest BCUT2D eigenvalue weighted by atomic mass is 32.2. The summed E-state index contributed by atoms with van der Waals surface area (Å²) in [5, 5.41) is 0. The molecule has 0 unspecified atom stereocenters. The number of methoxy groups -OCH3 is 1. The zero-order valence-electron chi connectivity index (χ0n) is 13.1. The second-order valence-electron chi connectivity index (χ2n) is 5.31. The van der Waals surface area contributed by atoms with Crippen molar-refractivity contribution in [2.24, 2.45) is 0 Å². The number of rotatable bonds is 6. The van der Waals surface area contributed by atoms with E-state index in [9.17, 15) is 8.42 Å². The average Bonchev–Trinajstić information content (AvgIpc) is 2.53. The van der Waals surface area contributed by atoms with Crippen LogP contribution in [0.1, 0.15) is 19.4 Å².